The molecule has 0 fully saturated rings. The lowest BCUT2D eigenvalue weighted by molar-refractivity contribution is 1.10. The molecule has 0 aliphatic carbocycles. The average Bonchev–Trinajstić information content (AvgIpc) is 4.00. The lowest BCUT2D eigenvalue weighted by Crippen LogP contribution is -2.03. The number of rotatable bonds is 6. The maximum absolute atomic E-state index is 2.48. The molecule has 0 amide bonds. The summed E-state index contributed by atoms with van der Waals surface area (Å²) in [7, 11) is 0. The summed E-state index contributed by atoms with van der Waals surface area (Å²) in [5.74, 6) is 0. The second kappa shape index (κ2) is 14.1. The van der Waals surface area contributed by atoms with E-state index < -0.39 is 0 Å². The van der Waals surface area contributed by atoms with Gasteiger partial charge in [0, 0.05) is 32.3 Å². The Balaban J connectivity index is 1.10. The smallest absolute Gasteiger partial charge is 0.0541 e. The fourth-order valence-corrected chi connectivity index (χ4v) is 10.1. The molecule has 13 rings (SSSR count). The van der Waals surface area contributed by atoms with Crippen LogP contribution in [-0.2, 0) is 0 Å². The van der Waals surface area contributed by atoms with Crippen LogP contribution in [0.5, 0.6) is 0 Å². The van der Waals surface area contributed by atoms with Crippen molar-refractivity contribution >= 4 is 65.4 Å². The van der Waals surface area contributed by atoms with Crippen molar-refractivity contribution in [3.05, 3.63) is 237 Å². The summed E-state index contributed by atoms with van der Waals surface area (Å²) < 4.78 is 7.38. The molecule has 0 radical (unpaired) electrons. The standard InChI is InChI=1S/C60H39N3/c1-3-15-40(16-4-1)42-27-29-43(30-28-42)45-32-34-60-54(36-45)53-35-44(41-17-5-2-6-18-41)31-33-59(53)63(60)48-38-46(61-55-23-11-7-19-49(55)50-20-8-12-24-56(50)61)37-47(39-48)62-57-25-13-9-21-51(57)52-22-10-14-26-58(52)62/h1-39H. The van der Waals surface area contributed by atoms with Gasteiger partial charge in [-0.2, -0.15) is 0 Å². The third-order valence-corrected chi connectivity index (χ3v) is 13.0. The van der Waals surface area contributed by atoms with Crippen LogP contribution in [0.4, 0.5) is 0 Å². The normalized spacial score (nSPS) is 11.8. The van der Waals surface area contributed by atoms with Crippen LogP contribution in [-0.4, -0.2) is 13.7 Å². The molecule has 3 heterocycles. The van der Waals surface area contributed by atoms with Gasteiger partial charge >= 0.3 is 0 Å². The molecule has 0 saturated carbocycles. The van der Waals surface area contributed by atoms with E-state index in [0.29, 0.717) is 0 Å². The molecule has 13 aromatic rings. The van der Waals surface area contributed by atoms with Gasteiger partial charge in [0.05, 0.1) is 50.2 Å². The van der Waals surface area contributed by atoms with Gasteiger partial charge in [0.2, 0.25) is 0 Å². The van der Waals surface area contributed by atoms with E-state index >= 15 is 0 Å². The van der Waals surface area contributed by atoms with Crippen LogP contribution >= 0.6 is 0 Å². The van der Waals surface area contributed by atoms with Crippen molar-refractivity contribution in [1.29, 1.82) is 0 Å². The van der Waals surface area contributed by atoms with Crippen LogP contribution in [0.1, 0.15) is 0 Å². The summed E-state index contributed by atoms with van der Waals surface area (Å²) >= 11 is 0. The number of benzene rings is 10. The molecule has 0 unspecified atom stereocenters. The van der Waals surface area contributed by atoms with E-state index in [1.54, 1.807) is 0 Å². The molecule has 0 atom stereocenters. The van der Waals surface area contributed by atoms with Gasteiger partial charge in [0.1, 0.15) is 0 Å². The van der Waals surface area contributed by atoms with Gasteiger partial charge in [-0.05, 0) is 100 Å². The molecule has 3 nitrogen and oxygen atoms in total. The van der Waals surface area contributed by atoms with E-state index in [0.717, 1.165) is 28.1 Å². The van der Waals surface area contributed by atoms with Crippen molar-refractivity contribution in [1.82, 2.24) is 13.7 Å². The Morgan fingerprint density at radius 3 is 0.794 bits per heavy atom. The number of para-hydroxylation sites is 4. The van der Waals surface area contributed by atoms with E-state index in [1.807, 2.05) is 0 Å². The van der Waals surface area contributed by atoms with Gasteiger partial charge in [0.25, 0.3) is 0 Å². The summed E-state index contributed by atoms with van der Waals surface area (Å²) in [4.78, 5) is 0. The third-order valence-electron chi connectivity index (χ3n) is 13.0. The van der Waals surface area contributed by atoms with Gasteiger partial charge < -0.3 is 13.7 Å². The number of hydrogen-bond donors (Lipinski definition) is 0. The maximum Gasteiger partial charge on any atom is 0.0541 e. The first-order chi connectivity index (χ1) is 31.2. The van der Waals surface area contributed by atoms with E-state index in [9.17, 15) is 0 Å². The lowest BCUT2D eigenvalue weighted by atomic mass is 9.98. The van der Waals surface area contributed by atoms with Gasteiger partial charge in [0.15, 0.2) is 0 Å². The highest BCUT2D eigenvalue weighted by molar-refractivity contribution is 6.13. The van der Waals surface area contributed by atoms with E-state index in [4.69, 9.17) is 0 Å². The summed E-state index contributed by atoms with van der Waals surface area (Å²) in [6, 6.07) is 86.6. The molecule has 3 aromatic heterocycles. The SMILES string of the molecule is c1ccc(-c2ccc(-c3ccc4c(c3)c3cc(-c5ccccc5)ccc3n4-c3cc(-n4c5ccccc5c5ccccc54)cc(-n4c5ccccc5c5ccccc54)c3)cc2)cc1. The zero-order valence-electron chi connectivity index (χ0n) is 34.4. The zero-order chi connectivity index (χ0) is 41.4. The lowest BCUT2D eigenvalue weighted by Gasteiger charge is -2.17. The van der Waals surface area contributed by atoms with Gasteiger partial charge in [-0.25, -0.2) is 0 Å². The molecule has 0 spiro atoms. The van der Waals surface area contributed by atoms with Crippen LogP contribution in [0, 0.1) is 0 Å². The first-order valence-corrected chi connectivity index (χ1v) is 21.7. The predicted octanol–water partition coefficient (Wildman–Crippen LogP) is 16.0. The van der Waals surface area contributed by atoms with Gasteiger partial charge in [-0.15, -0.1) is 0 Å². The molecular weight excluding hydrogens is 763 g/mol. The molecule has 3 heteroatoms. The molecule has 0 saturated heterocycles. The Kier molecular flexibility index (Phi) is 7.91. The molecule has 0 bridgehead atoms. The Hall–Kier alpha value is -8.40. The minimum Gasteiger partial charge on any atom is -0.309 e. The van der Waals surface area contributed by atoms with Gasteiger partial charge in [-0.1, -0.05) is 170 Å². The first-order valence-electron chi connectivity index (χ1n) is 21.7. The van der Waals surface area contributed by atoms with Crippen LogP contribution < -0.4 is 0 Å². The molecule has 294 valence electrons. The molecule has 0 aliphatic rings. The first kappa shape index (κ1) is 35.4. The molecule has 10 aromatic carbocycles. The Morgan fingerprint density at radius 2 is 0.429 bits per heavy atom. The van der Waals surface area contributed by atoms with Crippen molar-refractivity contribution < 1.29 is 0 Å². The van der Waals surface area contributed by atoms with Crippen LogP contribution in [0.15, 0.2) is 237 Å². The van der Waals surface area contributed by atoms with Crippen LogP contribution in [0.3, 0.4) is 0 Å². The van der Waals surface area contributed by atoms with Crippen molar-refractivity contribution in [2.45, 2.75) is 0 Å². The Morgan fingerprint density at radius 1 is 0.175 bits per heavy atom. The summed E-state index contributed by atoms with van der Waals surface area (Å²) in [5, 5.41) is 7.40. The van der Waals surface area contributed by atoms with E-state index in [-0.39, 0.29) is 0 Å². The van der Waals surface area contributed by atoms with Crippen LogP contribution in [0.25, 0.3) is 116 Å². The number of aromatic nitrogens is 3. The summed E-state index contributed by atoms with van der Waals surface area (Å²) in [5.41, 5.74) is 17.6. The highest BCUT2D eigenvalue weighted by Gasteiger charge is 2.20. The second-order valence-corrected chi connectivity index (χ2v) is 16.6. The van der Waals surface area contributed by atoms with Crippen molar-refractivity contribution in [2.75, 3.05) is 0 Å². The fraction of sp³-hybridized carbons (Fsp3) is 0. The molecule has 0 aliphatic heterocycles. The Bertz CT molecular complexity index is 3650. The number of hydrogen-bond acceptors (Lipinski definition) is 0. The highest BCUT2D eigenvalue weighted by Crippen LogP contribution is 2.41. The quantitative estimate of drug-likeness (QED) is 0.159. The van der Waals surface area contributed by atoms with Crippen molar-refractivity contribution in [3.8, 4) is 50.4 Å². The highest BCUT2D eigenvalue weighted by atomic mass is 15.0. The zero-order valence-corrected chi connectivity index (χ0v) is 34.4. The summed E-state index contributed by atoms with van der Waals surface area (Å²) in [6.07, 6.45) is 0. The topological polar surface area (TPSA) is 14.8 Å². The largest absolute Gasteiger partial charge is 0.309 e. The second-order valence-electron chi connectivity index (χ2n) is 16.6. The van der Waals surface area contributed by atoms with Crippen molar-refractivity contribution in [2.24, 2.45) is 0 Å². The number of fused-ring (bicyclic) bond motifs is 9. The number of nitrogens with zero attached hydrogens (tertiary/aromatic N) is 3. The fourth-order valence-electron chi connectivity index (χ4n) is 10.1. The molecule has 63 heavy (non-hydrogen) atoms. The van der Waals surface area contributed by atoms with Crippen LogP contribution in [0.2, 0.25) is 0 Å². The predicted molar refractivity (Wildman–Crippen MR) is 266 cm³/mol. The third kappa shape index (κ3) is 5.60. The summed E-state index contributed by atoms with van der Waals surface area (Å²) in [6.45, 7) is 0. The molecular formula is C60H39N3. The monoisotopic (exact) mass is 801 g/mol. The Labute approximate surface area is 364 Å². The maximum atomic E-state index is 2.48. The minimum absolute atomic E-state index is 1.10. The van der Waals surface area contributed by atoms with E-state index in [1.165, 1.54) is 87.8 Å². The van der Waals surface area contributed by atoms with Crippen molar-refractivity contribution in [3.63, 3.8) is 0 Å². The van der Waals surface area contributed by atoms with Gasteiger partial charge in [-0.3, -0.25) is 0 Å². The minimum atomic E-state index is 1.10. The van der Waals surface area contributed by atoms with E-state index in [2.05, 4.69) is 250 Å². The molecule has 0 N–H and O–H groups in total. The average molecular weight is 802 g/mol.